The molecule has 4 aliphatic heterocycles. The summed E-state index contributed by atoms with van der Waals surface area (Å²) in [7, 11) is 0. The molecule has 11 heteroatoms. The van der Waals surface area contributed by atoms with E-state index in [1.54, 1.807) is 12.1 Å². The van der Waals surface area contributed by atoms with E-state index < -0.39 is 11.5 Å². The Morgan fingerprint density at radius 1 is 0.964 bits per heavy atom. The molecule has 2 atom stereocenters. The number of amides is 1. The van der Waals surface area contributed by atoms with Gasteiger partial charge in [-0.25, -0.2) is 0 Å². The van der Waals surface area contributed by atoms with Crippen LogP contribution in [0.4, 0.5) is 0 Å². The van der Waals surface area contributed by atoms with Crippen molar-refractivity contribution in [1.29, 1.82) is 0 Å². The Labute approximate surface area is 329 Å². The number of phenols is 1. The van der Waals surface area contributed by atoms with Crippen molar-refractivity contribution >= 4 is 22.8 Å². The van der Waals surface area contributed by atoms with E-state index in [-0.39, 0.29) is 29.3 Å². The number of unbranched alkanes of at least 4 members (excludes halogenated alkanes) is 2. The minimum Gasteiger partial charge on any atom is -0.506 e. The van der Waals surface area contributed by atoms with Crippen LogP contribution in [0.25, 0.3) is 10.9 Å². The summed E-state index contributed by atoms with van der Waals surface area (Å²) >= 11 is 0. The van der Waals surface area contributed by atoms with Crippen LogP contribution in [-0.4, -0.2) is 95.4 Å². The number of aliphatic hydroxyl groups is 1. The molecule has 4 fully saturated rings. The molecular formula is C45H56N4O7. The molecule has 1 aromatic heterocycles. The van der Waals surface area contributed by atoms with Gasteiger partial charge in [-0.2, -0.15) is 0 Å². The predicted octanol–water partition coefficient (Wildman–Crippen LogP) is 5.54. The van der Waals surface area contributed by atoms with Gasteiger partial charge in [0.1, 0.15) is 17.6 Å². The summed E-state index contributed by atoms with van der Waals surface area (Å²) < 4.78 is 12.4. The van der Waals surface area contributed by atoms with Gasteiger partial charge in [0.25, 0.3) is 0 Å². The number of nitrogens with one attached hydrogen (secondary N) is 2. The third-order valence-corrected chi connectivity index (χ3v) is 12.3. The Bertz CT molecular complexity index is 2020. The standard InChI is InChI=1S/C45H56N4O7/c1-31-28-32(10-15-39(31)55-27-7-3-6-22-46-29-38(51)35-12-14-37(50)43-36(35)13-16-41(52)47-43)11-17-42(53)49-25-20-45(21-26-49,34-8-4-2-5-9-34)44(54)56-40-30-48-23-18-33(40)19-24-48/h2,4-5,8-10,12-16,28,33,38,40,46,50-51H,3,6-7,11,17-27,29-30H2,1H3,(H,47,52)/t38-,40-/m0/s1. The van der Waals surface area contributed by atoms with Crippen molar-refractivity contribution in [3.05, 3.63) is 105 Å². The summed E-state index contributed by atoms with van der Waals surface area (Å²) in [5.74, 6) is 1.27. The number of aryl methyl sites for hydroxylation is 2. The normalized spacial score (nSPS) is 20.8. The summed E-state index contributed by atoms with van der Waals surface area (Å²) in [6.45, 7) is 7.84. The van der Waals surface area contributed by atoms with Crippen LogP contribution < -0.4 is 15.6 Å². The summed E-state index contributed by atoms with van der Waals surface area (Å²) in [5, 5.41) is 24.8. The molecule has 5 heterocycles. The lowest BCUT2D eigenvalue weighted by atomic mass is 9.72. The van der Waals surface area contributed by atoms with Gasteiger partial charge in [0.15, 0.2) is 0 Å². The van der Waals surface area contributed by atoms with Gasteiger partial charge in [-0.05, 0) is 124 Å². The molecule has 298 valence electrons. The number of ether oxygens (including phenoxy) is 2. The molecule has 0 radical (unpaired) electrons. The molecular weight excluding hydrogens is 709 g/mol. The van der Waals surface area contributed by atoms with Gasteiger partial charge in [-0.15, -0.1) is 0 Å². The molecule has 1 amide bonds. The number of piperidine rings is 4. The molecule has 0 unspecified atom stereocenters. The number of likely N-dealkylation sites (tertiary alicyclic amines) is 1. The highest BCUT2D eigenvalue weighted by molar-refractivity contribution is 5.87. The molecule has 4 aromatic rings. The molecule has 56 heavy (non-hydrogen) atoms. The van der Waals surface area contributed by atoms with Crippen molar-refractivity contribution in [2.45, 2.75) is 82.3 Å². The Hall–Kier alpha value is -4.71. The summed E-state index contributed by atoms with van der Waals surface area (Å²) in [6.07, 6.45) is 6.36. The maximum Gasteiger partial charge on any atom is 0.317 e. The van der Waals surface area contributed by atoms with E-state index in [9.17, 15) is 24.6 Å². The molecule has 11 nitrogen and oxygen atoms in total. The largest absolute Gasteiger partial charge is 0.506 e. The van der Waals surface area contributed by atoms with Crippen molar-refractivity contribution in [3.8, 4) is 11.5 Å². The van der Waals surface area contributed by atoms with E-state index in [0.717, 1.165) is 80.7 Å². The lowest BCUT2D eigenvalue weighted by Gasteiger charge is -2.46. The van der Waals surface area contributed by atoms with Crippen LogP contribution >= 0.6 is 0 Å². The van der Waals surface area contributed by atoms with Crippen LogP contribution in [0.15, 0.2) is 77.6 Å². The molecule has 2 bridgehead atoms. The van der Waals surface area contributed by atoms with Crippen LogP contribution in [0, 0.1) is 12.8 Å². The zero-order valence-corrected chi connectivity index (χ0v) is 32.5. The van der Waals surface area contributed by atoms with Gasteiger partial charge < -0.3 is 34.9 Å². The quantitative estimate of drug-likeness (QED) is 0.0854. The van der Waals surface area contributed by atoms with Crippen LogP contribution in [0.3, 0.4) is 0 Å². The first-order valence-corrected chi connectivity index (χ1v) is 20.4. The summed E-state index contributed by atoms with van der Waals surface area (Å²) in [4.78, 5) is 46.0. The monoisotopic (exact) mass is 764 g/mol. The maximum atomic E-state index is 14.0. The fraction of sp³-hybridized carbons (Fsp3) is 0.489. The van der Waals surface area contributed by atoms with E-state index in [2.05, 4.69) is 21.3 Å². The molecule has 8 rings (SSSR count). The predicted molar refractivity (Wildman–Crippen MR) is 216 cm³/mol. The van der Waals surface area contributed by atoms with Gasteiger partial charge in [-0.3, -0.25) is 19.3 Å². The van der Waals surface area contributed by atoms with Crippen LogP contribution in [-0.2, 0) is 26.2 Å². The number of nitrogens with zero attached hydrogens (tertiary/aromatic N) is 2. The van der Waals surface area contributed by atoms with E-state index in [4.69, 9.17) is 9.47 Å². The molecule has 0 saturated carbocycles. The van der Waals surface area contributed by atoms with Crippen LogP contribution in [0.1, 0.15) is 79.7 Å². The van der Waals surface area contributed by atoms with Crippen molar-refractivity contribution in [1.82, 2.24) is 20.1 Å². The molecule has 4 aliphatic rings. The van der Waals surface area contributed by atoms with Crippen molar-refractivity contribution < 1.29 is 29.3 Å². The Morgan fingerprint density at radius 3 is 2.48 bits per heavy atom. The first kappa shape index (κ1) is 39.5. The van der Waals surface area contributed by atoms with Crippen molar-refractivity contribution in [3.63, 3.8) is 0 Å². The second-order valence-corrected chi connectivity index (χ2v) is 15.9. The number of esters is 1. The van der Waals surface area contributed by atoms with Gasteiger partial charge in [-0.1, -0.05) is 48.5 Å². The fourth-order valence-electron chi connectivity index (χ4n) is 8.85. The van der Waals surface area contributed by atoms with E-state index in [0.29, 0.717) is 74.3 Å². The highest BCUT2D eigenvalue weighted by Crippen LogP contribution is 2.39. The minimum absolute atomic E-state index is 0.0252. The summed E-state index contributed by atoms with van der Waals surface area (Å²) in [5.41, 5.74) is 3.07. The number of aromatic amines is 1. The second-order valence-electron chi connectivity index (χ2n) is 15.9. The topological polar surface area (TPSA) is 144 Å². The molecule has 4 N–H and O–H groups in total. The van der Waals surface area contributed by atoms with Gasteiger partial charge in [0.05, 0.1) is 23.6 Å². The number of hydrogen-bond acceptors (Lipinski definition) is 9. The SMILES string of the molecule is Cc1cc(CCC(=O)N2CCC(C(=O)O[C@H]3CN4CCC3CC4)(c3ccccc3)CC2)ccc1OCCCCCNC[C@H](O)c1ccc(O)c2[nH]c(=O)ccc12. The second kappa shape index (κ2) is 18.0. The van der Waals surface area contributed by atoms with Gasteiger partial charge >= 0.3 is 5.97 Å². The first-order chi connectivity index (χ1) is 27.2. The number of benzene rings is 3. The number of hydrogen-bond donors (Lipinski definition) is 4. The number of aliphatic hydroxyl groups excluding tert-OH is 1. The molecule has 3 aromatic carbocycles. The average Bonchev–Trinajstić information content (AvgIpc) is 3.22. The number of fused-ring (bicyclic) bond motifs is 4. The number of phenolic OH excluding ortho intramolecular Hbond substituents is 1. The molecule has 4 saturated heterocycles. The van der Waals surface area contributed by atoms with Crippen molar-refractivity contribution in [2.24, 2.45) is 5.92 Å². The zero-order valence-electron chi connectivity index (χ0n) is 32.5. The van der Waals surface area contributed by atoms with Crippen LogP contribution in [0.2, 0.25) is 0 Å². The highest BCUT2D eigenvalue weighted by Gasteiger charge is 2.47. The number of carbonyl (C=O) groups is 2. The zero-order chi connectivity index (χ0) is 39.1. The first-order valence-electron chi connectivity index (χ1n) is 20.4. The van der Waals surface area contributed by atoms with Gasteiger partial charge in [0.2, 0.25) is 11.5 Å². The number of carbonyl (C=O) groups excluding carboxylic acids is 2. The number of pyridine rings is 1. The number of aromatic nitrogens is 1. The number of rotatable bonds is 16. The Kier molecular flexibility index (Phi) is 12.7. The Morgan fingerprint density at radius 2 is 1.75 bits per heavy atom. The maximum absolute atomic E-state index is 14.0. The average molecular weight is 765 g/mol. The van der Waals surface area contributed by atoms with Crippen molar-refractivity contribution in [2.75, 3.05) is 52.4 Å². The van der Waals surface area contributed by atoms with Gasteiger partial charge in [0, 0.05) is 44.1 Å². The van der Waals surface area contributed by atoms with Crippen LogP contribution in [0.5, 0.6) is 11.5 Å². The van der Waals surface area contributed by atoms with E-state index in [1.165, 1.54) is 12.1 Å². The lowest BCUT2D eigenvalue weighted by molar-refractivity contribution is -0.168. The van der Waals surface area contributed by atoms with E-state index >= 15 is 0 Å². The Balaban J connectivity index is 0.811. The third-order valence-electron chi connectivity index (χ3n) is 12.3. The smallest absolute Gasteiger partial charge is 0.317 e. The number of H-pyrrole nitrogens is 1. The summed E-state index contributed by atoms with van der Waals surface area (Å²) in [6, 6.07) is 22.3. The highest BCUT2D eigenvalue weighted by atomic mass is 16.5. The molecule has 0 spiro atoms. The number of aromatic hydroxyl groups is 1. The minimum atomic E-state index is -0.779. The molecule has 0 aliphatic carbocycles. The fourth-order valence-corrected chi connectivity index (χ4v) is 8.85. The lowest BCUT2D eigenvalue weighted by Crippen LogP contribution is -2.55. The van der Waals surface area contributed by atoms with E-state index in [1.807, 2.05) is 54.3 Å². The third kappa shape index (κ3) is 9.12.